The first kappa shape index (κ1) is 10.0. The number of carbonyl (C=O) groups is 2. The van der Waals surface area contributed by atoms with Crippen molar-refractivity contribution < 1.29 is 9.59 Å². The van der Waals surface area contributed by atoms with E-state index in [9.17, 15) is 9.59 Å². The second kappa shape index (κ2) is 2.72. The molecule has 0 unspecified atom stereocenters. The molecule has 0 aromatic rings. The summed E-state index contributed by atoms with van der Waals surface area (Å²) in [6.45, 7) is 5.63. The maximum Gasteiger partial charge on any atom is 0.236 e. The first-order valence-corrected chi connectivity index (χ1v) is 4.40. The van der Waals surface area contributed by atoms with Crippen LogP contribution in [0, 0.1) is 5.41 Å². The van der Waals surface area contributed by atoms with E-state index in [-0.39, 0.29) is 11.4 Å². The predicted octanol–water partition coefficient (Wildman–Crippen LogP) is 0.167. The number of nitrogens with two attached hydrogens (primary N) is 1. The molecule has 1 aliphatic rings. The molecule has 0 aromatic carbocycles. The van der Waals surface area contributed by atoms with Crippen molar-refractivity contribution in [3.8, 4) is 0 Å². The standard InChI is InChI=1S/C9H16N2O2/c1-8(2,3)11-7(13)9(4-5-9)6(10)12/h4-5H2,1-3H3,(H2,10,12)(H,11,13). The van der Waals surface area contributed by atoms with E-state index < -0.39 is 11.3 Å². The Morgan fingerprint density at radius 3 is 2.00 bits per heavy atom. The molecule has 4 nitrogen and oxygen atoms in total. The van der Waals surface area contributed by atoms with Gasteiger partial charge in [0.15, 0.2) is 0 Å². The highest BCUT2D eigenvalue weighted by atomic mass is 16.2. The van der Waals surface area contributed by atoms with Crippen molar-refractivity contribution in [1.29, 1.82) is 0 Å². The van der Waals surface area contributed by atoms with Gasteiger partial charge in [-0.2, -0.15) is 0 Å². The Morgan fingerprint density at radius 1 is 1.31 bits per heavy atom. The number of hydrogen-bond acceptors (Lipinski definition) is 2. The Morgan fingerprint density at radius 2 is 1.77 bits per heavy atom. The van der Waals surface area contributed by atoms with Gasteiger partial charge in [-0.05, 0) is 33.6 Å². The van der Waals surface area contributed by atoms with Crippen molar-refractivity contribution in [1.82, 2.24) is 5.32 Å². The lowest BCUT2D eigenvalue weighted by Crippen LogP contribution is -2.48. The van der Waals surface area contributed by atoms with Gasteiger partial charge < -0.3 is 11.1 Å². The summed E-state index contributed by atoms with van der Waals surface area (Å²) in [7, 11) is 0. The monoisotopic (exact) mass is 184 g/mol. The zero-order valence-corrected chi connectivity index (χ0v) is 8.31. The molecular weight excluding hydrogens is 168 g/mol. The van der Waals surface area contributed by atoms with Gasteiger partial charge in [-0.3, -0.25) is 9.59 Å². The molecule has 1 rings (SSSR count). The van der Waals surface area contributed by atoms with Crippen LogP contribution in [0.1, 0.15) is 33.6 Å². The van der Waals surface area contributed by atoms with Crippen LogP contribution < -0.4 is 11.1 Å². The van der Waals surface area contributed by atoms with Crippen LogP contribution in [0.15, 0.2) is 0 Å². The van der Waals surface area contributed by atoms with Gasteiger partial charge in [0.25, 0.3) is 0 Å². The van der Waals surface area contributed by atoms with E-state index in [0.29, 0.717) is 12.8 Å². The van der Waals surface area contributed by atoms with Gasteiger partial charge in [0.2, 0.25) is 11.8 Å². The highest BCUT2D eigenvalue weighted by Crippen LogP contribution is 2.45. The average molecular weight is 184 g/mol. The molecule has 0 atom stereocenters. The maximum atomic E-state index is 11.6. The van der Waals surface area contributed by atoms with Crippen LogP contribution >= 0.6 is 0 Å². The minimum Gasteiger partial charge on any atom is -0.369 e. The van der Waals surface area contributed by atoms with Gasteiger partial charge in [0.1, 0.15) is 5.41 Å². The largest absolute Gasteiger partial charge is 0.369 e. The van der Waals surface area contributed by atoms with E-state index in [0.717, 1.165) is 0 Å². The quantitative estimate of drug-likeness (QED) is 0.600. The van der Waals surface area contributed by atoms with Crippen LogP contribution in [0.2, 0.25) is 0 Å². The van der Waals surface area contributed by atoms with E-state index in [1.807, 2.05) is 20.8 Å². The number of amides is 2. The fourth-order valence-corrected chi connectivity index (χ4v) is 1.17. The summed E-state index contributed by atoms with van der Waals surface area (Å²) in [6.07, 6.45) is 1.18. The lowest BCUT2D eigenvalue weighted by atomic mass is 10.0. The minimum atomic E-state index is -0.896. The summed E-state index contributed by atoms with van der Waals surface area (Å²) < 4.78 is 0. The Kier molecular flexibility index (Phi) is 2.10. The highest BCUT2D eigenvalue weighted by molar-refractivity contribution is 6.07. The summed E-state index contributed by atoms with van der Waals surface area (Å²) in [4.78, 5) is 22.5. The Hall–Kier alpha value is -1.06. The van der Waals surface area contributed by atoms with Gasteiger partial charge in [0.05, 0.1) is 0 Å². The molecule has 13 heavy (non-hydrogen) atoms. The second-order valence-electron chi connectivity index (χ2n) is 4.65. The Labute approximate surface area is 77.9 Å². The third-order valence-electron chi connectivity index (χ3n) is 2.14. The van der Waals surface area contributed by atoms with Crippen LogP contribution in [0.3, 0.4) is 0 Å². The minimum absolute atomic E-state index is 0.229. The Balaban J connectivity index is 2.64. The van der Waals surface area contributed by atoms with Crippen LogP contribution in [0.5, 0.6) is 0 Å². The second-order valence-corrected chi connectivity index (χ2v) is 4.65. The molecule has 0 spiro atoms. The normalized spacial score (nSPS) is 19.3. The number of hydrogen-bond donors (Lipinski definition) is 2. The van der Waals surface area contributed by atoms with Crippen LogP contribution in [-0.4, -0.2) is 17.4 Å². The molecule has 1 fully saturated rings. The fourth-order valence-electron chi connectivity index (χ4n) is 1.17. The molecule has 74 valence electrons. The number of nitrogens with one attached hydrogen (secondary N) is 1. The maximum absolute atomic E-state index is 11.6. The third kappa shape index (κ3) is 1.99. The lowest BCUT2D eigenvalue weighted by Gasteiger charge is -2.23. The summed E-state index contributed by atoms with van der Waals surface area (Å²) >= 11 is 0. The average Bonchev–Trinajstić information content (AvgIpc) is 2.59. The van der Waals surface area contributed by atoms with Crippen molar-refractivity contribution in [3.63, 3.8) is 0 Å². The van der Waals surface area contributed by atoms with Crippen molar-refractivity contribution >= 4 is 11.8 Å². The molecule has 3 N–H and O–H groups in total. The van der Waals surface area contributed by atoms with Gasteiger partial charge >= 0.3 is 0 Å². The Bertz CT molecular complexity index is 249. The lowest BCUT2D eigenvalue weighted by molar-refractivity contribution is -0.136. The fraction of sp³-hybridized carbons (Fsp3) is 0.778. The number of rotatable bonds is 2. The van der Waals surface area contributed by atoms with Crippen LogP contribution in [0.25, 0.3) is 0 Å². The molecule has 1 saturated carbocycles. The van der Waals surface area contributed by atoms with E-state index in [2.05, 4.69) is 5.32 Å². The molecule has 0 saturated heterocycles. The first-order chi connectivity index (χ1) is 5.78. The van der Waals surface area contributed by atoms with Gasteiger partial charge in [-0.15, -0.1) is 0 Å². The van der Waals surface area contributed by atoms with Gasteiger partial charge in [-0.1, -0.05) is 0 Å². The van der Waals surface area contributed by atoms with Crippen molar-refractivity contribution in [2.24, 2.45) is 11.1 Å². The molecule has 0 bridgehead atoms. The van der Waals surface area contributed by atoms with Crippen molar-refractivity contribution in [2.45, 2.75) is 39.2 Å². The zero-order chi connectivity index (χ0) is 10.3. The van der Waals surface area contributed by atoms with Crippen molar-refractivity contribution in [3.05, 3.63) is 0 Å². The van der Waals surface area contributed by atoms with E-state index in [4.69, 9.17) is 5.73 Å². The SMILES string of the molecule is CC(C)(C)NC(=O)C1(C(N)=O)CC1. The van der Waals surface area contributed by atoms with E-state index in [1.165, 1.54) is 0 Å². The molecule has 1 aliphatic carbocycles. The van der Waals surface area contributed by atoms with Crippen LogP contribution in [-0.2, 0) is 9.59 Å². The highest BCUT2D eigenvalue weighted by Gasteiger charge is 2.55. The van der Waals surface area contributed by atoms with Crippen LogP contribution in [0.4, 0.5) is 0 Å². The number of carbonyl (C=O) groups excluding carboxylic acids is 2. The molecule has 4 heteroatoms. The van der Waals surface area contributed by atoms with E-state index in [1.54, 1.807) is 0 Å². The molecule has 0 heterocycles. The van der Waals surface area contributed by atoms with E-state index >= 15 is 0 Å². The molecule has 0 aromatic heterocycles. The summed E-state index contributed by atoms with van der Waals surface area (Å²) in [5, 5.41) is 2.76. The summed E-state index contributed by atoms with van der Waals surface area (Å²) in [5.74, 6) is -0.734. The first-order valence-electron chi connectivity index (χ1n) is 4.40. The predicted molar refractivity (Wildman–Crippen MR) is 48.8 cm³/mol. The molecule has 2 amide bonds. The van der Waals surface area contributed by atoms with Gasteiger partial charge in [-0.25, -0.2) is 0 Å². The summed E-state index contributed by atoms with van der Waals surface area (Å²) in [5.41, 5.74) is 3.95. The zero-order valence-electron chi connectivity index (χ0n) is 8.31. The molecule has 0 aliphatic heterocycles. The topological polar surface area (TPSA) is 72.2 Å². The van der Waals surface area contributed by atoms with Gasteiger partial charge in [0, 0.05) is 5.54 Å². The summed E-state index contributed by atoms with van der Waals surface area (Å²) in [6, 6.07) is 0. The molecule has 0 radical (unpaired) electrons. The number of primary amides is 1. The van der Waals surface area contributed by atoms with Crippen molar-refractivity contribution in [2.75, 3.05) is 0 Å². The third-order valence-corrected chi connectivity index (χ3v) is 2.14. The molecular formula is C9H16N2O2. The smallest absolute Gasteiger partial charge is 0.236 e.